The Morgan fingerprint density at radius 3 is 2.52 bits per heavy atom. The number of rotatable bonds is 7. The standard InChI is InChI=1S/C21H20N2O6/c1-13-7-8-14-15(11-13)21(27)23(20(14)26)10-9-19(25)29-12-18(24)22-16-5-3-4-6-17(16)28-2/h3-8,11H,9-10,12H2,1-2H3,(H,22,24). The molecule has 0 atom stereocenters. The summed E-state index contributed by atoms with van der Waals surface area (Å²) in [5, 5.41) is 2.59. The molecule has 150 valence electrons. The number of ether oxygens (including phenoxy) is 2. The largest absolute Gasteiger partial charge is 0.495 e. The number of carbonyl (C=O) groups excluding carboxylic acids is 4. The minimum Gasteiger partial charge on any atom is -0.495 e. The molecule has 29 heavy (non-hydrogen) atoms. The lowest BCUT2D eigenvalue weighted by Crippen LogP contribution is -2.32. The predicted molar refractivity (Wildman–Crippen MR) is 104 cm³/mol. The molecular formula is C21H20N2O6. The Kier molecular flexibility index (Phi) is 5.92. The van der Waals surface area contributed by atoms with Gasteiger partial charge in [0, 0.05) is 6.54 Å². The first-order valence-electron chi connectivity index (χ1n) is 8.96. The average Bonchev–Trinajstić information content (AvgIpc) is 2.94. The highest BCUT2D eigenvalue weighted by Crippen LogP contribution is 2.24. The van der Waals surface area contributed by atoms with E-state index in [0.717, 1.165) is 10.5 Å². The van der Waals surface area contributed by atoms with Crippen molar-refractivity contribution in [2.75, 3.05) is 25.6 Å². The maximum absolute atomic E-state index is 12.4. The highest BCUT2D eigenvalue weighted by molar-refractivity contribution is 6.21. The number of nitrogens with one attached hydrogen (secondary N) is 1. The van der Waals surface area contributed by atoms with Crippen LogP contribution in [0, 0.1) is 6.92 Å². The third-order valence-electron chi connectivity index (χ3n) is 4.41. The van der Waals surface area contributed by atoms with Crippen molar-refractivity contribution in [1.29, 1.82) is 0 Å². The van der Waals surface area contributed by atoms with Crippen LogP contribution in [0.2, 0.25) is 0 Å². The third kappa shape index (κ3) is 4.43. The Morgan fingerprint density at radius 2 is 1.76 bits per heavy atom. The zero-order valence-electron chi connectivity index (χ0n) is 16.1. The van der Waals surface area contributed by atoms with Crippen molar-refractivity contribution in [3.05, 3.63) is 59.2 Å². The van der Waals surface area contributed by atoms with E-state index in [4.69, 9.17) is 9.47 Å². The molecule has 0 aliphatic carbocycles. The van der Waals surface area contributed by atoms with Gasteiger partial charge in [-0.3, -0.25) is 24.1 Å². The molecule has 1 heterocycles. The van der Waals surface area contributed by atoms with E-state index >= 15 is 0 Å². The van der Waals surface area contributed by atoms with Gasteiger partial charge in [-0.1, -0.05) is 23.8 Å². The van der Waals surface area contributed by atoms with Crippen LogP contribution in [0.1, 0.15) is 32.7 Å². The van der Waals surface area contributed by atoms with Crippen LogP contribution in [-0.2, 0) is 14.3 Å². The first-order valence-corrected chi connectivity index (χ1v) is 8.96. The topological polar surface area (TPSA) is 102 Å². The molecule has 8 nitrogen and oxygen atoms in total. The van der Waals surface area contributed by atoms with Crippen LogP contribution in [0.5, 0.6) is 5.75 Å². The number of carbonyl (C=O) groups is 4. The second kappa shape index (κ2) is 8.55. The Labute approximate surface area is 167 Å². The molecule has 0 fully saturated rings. The van der Waals surface area contributed by atoms with Crippen LogP contribution < -0.4 is 10.1 Å². The zero-order chi connectivity index (χ0) is 21.0. The fourth-order valence-corrected chi connectivity index (χ4v) is 2.96. The van der Waals surface area contributed by atoms with Crippen molar-refractivity contribution in [3.63, 3.8) is 0 Å². The molecule has 0 aromatic heterocycles. The fraction of sp³-hybridized carbons (Fsp3) is 0.238. The van der Waals surface area contributed by atoms with Gasteiger partial charge in [0.05, 0.1) is 30.3 Å². The lowest BCUT2D eigenvalue weighted by atomic mass is 10.1. The lowest BCUT2D eigenvalue weighted by Gasteiger charge is -2.13. The summed E-state index contributed by atoms with van der Waals surface area (Å²) in [7, 11) is 1.48. The molecule has 0 saturated heterocycles. The number of anilines is 1. The number of methoxy groups -OCH3 is 1. The van der Waals surface area contributed by atoms with Crippen LogP contribution in [0.25, 0.3) is 0 Å². The van der Waals surface area contributed by atoms with E-state index in [1.54, 1.807) is 42.5 Å². The molecule has 1 N–H and O–H groups in total. The van der Waals surface area contributed by atoms with Gasteiger partial charge in [-0.2, -0.15) is 0 Å². The quantitative estimate of drug-likeness (QED) is 0.568. The number of fused-ring (bicyclic) bond motifs is 1. The summed E-state index contributed by atoms with van der Waals surface area (Å²) in [6, 6.07) is 11.8. The second-order valence-corrected chi connectivity index (χ2v) is 6.47. The second-order valence-electron chi connectivity index (χ2n) is 6.47. The molecule has 2 aromatic rings. The summed E-state index contributed by atoms with van der Waals surface area (Å²) < 4.78 is 10.1. The van der Waals surface area contributed by atoms with Gasteiger partial charge in [0.1, 0.15) is 5.75 Å². The third-order valence-corrected chi connectivity index (χ3v) is 4.41. The summed E-state index contributed by atoms with van der Waals surface area (Å²) in [5.74, 6) is -1.61. The number of imide groups is 1. The number of aryl methyl sites for hydroxylation is 1. The molecule has 0 unspecified atom stereocenters. The van der Waals surface area contributed by atoms with Gasteiger partial charge in [-0.25, -0.2) is 0 Å². The van der Waals surface area contributed by atoms with E-state index in [0.29, 0.717) is 22.6 Å². The number of amides is 3. The Hall–Kier alpha value is -3.68. The van der Waals surface area contributed by atoms with Gasteiger partial charge in [0.25, 0.3) is 17.7 Å². The Morgan fingerprint density at radius 1 is 1.03 bits per heavy atom. The van der Waals surface area contributed by atoms with E-state index in [2.05, 4.69) is 5.32 Å². The number of hydrogen-bond acceptors (Lipinski definition) is 6. The number of esters is 1. The average molecular weight is 396 g/mol. The van der Waals surface area contributed by atoms with Crippen molar-refractivity contribution in [1.82, 2.24) is 4.90 Å². The molecule has 1 aliphatic rings. The Bertz CT molecular complexity index is 985. The summed E-state index contributed by atoms with van der Waals surface area (Å²) >= 11 is 0. The summed E-state index contributed by atoms with van der Waals surface area (Å²) in [4.78, 5) is 49.6. The molecule has 1 aliphatic heterocycles. The summed E-state index contributed by atoms with van der Waals surface area (Å²) in [5.41, 5.74) is 1.98. The van der Waals surface area contributed by atoms with Crippen LogP contribution in [-0.4, -0.2) is 48.9 Å². The predicted octanol–water partition coefficient (Wildman–Crippen LogP) is 2.17. The van der Waals surface area contributed by atoms with E-state index in [1.807, 2.05) is 6.92 Å². The fourth-order valence-electron chi connectivity index (χ4n) is 2.96. The van der Waals surface area contributed by atoms with E-state index in [1.165, 1.54) is 7.11 Å². The Balaban J connectivity index is 1.49. The van der Waals surface area contributed by atoms with Crippen molar-refractivity contribution in [2.24, 2.45) is 0 Å². The molecular weight excluding hydrogens is 376 g/mol. The van der Waals surface area contributed by atoms with Gasteiger partial charge in [-0.15, -0.1) is 0 Å². The van der Waals surface area contributed by atoms with E-state index in [-0.39, 0.29) is 13.0 Å². The molecule has 2 aromatic carbocycles. The summed E-state index contributed by atoms with van der Waals surface area (Å²) in [6.07, 6.45) is -0.202. The summed E-state index contributed by atoms with van der Waals surface area (Å²) in [6.45, 7) is 1.23. The molecule has 0 bridgehead atoms. The molecule has 0 radical (unpaired) electrons. The maximum Gasteiger partial charge on any atom is 0.308 e. The van der Waals surface area contributed by atoms with Gasteiger partial charge in [-0.05, 0) is 31.2 Å². The maximum atomic E-state index is 12.4. The van der Waals surface area contributed by atoms with Crippen molar-refractivity contribution in [2.45, 2.75) is 13.3 Å². The monoisotopic (exact) mass is 396 g/mol. The number of para-hydroxylation sites is 2. The van der Waals surface area contributed by atoms with Gasteiger partial charge in [0.2, 0.25) is 0 Å². The van der Waals surface area contributed by atoms with Crippen molar-refractivity contribution in [3.8, 4) is 5.75 Å². The van der Waals surface area contributed by atoms with Gasteiger partial charge in [0.15, 0.2) is 6.61 Å². The smallest absolute Gasteiger partial charge is 0.308 e. The molecule has 0 spiro atoms. The number of nitrogens with zero attached hydrogens (tertiary/aromatic N) is 1. The number of benzene rings is 2. The first kappa shape index (κ1) is 20.1. The zero-order valence-corrected chi connectivity index (χ0v) is 16.1. The van der Waals surface area contributed by atoms with Crippen LogP contribution >= 0.6 is 0 Å². The molecule has 8 heteroatoms. The van der Waals surface area contributed by atoms with Crippen LogP contribution in [0.3, 0.4) is 0 Å². The minimum atomic E-state index is -0.687. The molecule has 0 saturated carbocycles. The van der Waals surface area contributed by atoms with Crippen LogP contribution in [0.15, 0.2) is 42.5 Å². The lowest BCUT2D eigenvalue weighted by molar-refractivity contribution is -0.147. The minimum absolute atomic E-state index is 0.113. The van der Waals surface area contributed by atoms with Gasteiger partial charge >= 0.3 is 5.97 Å². The SMILES string of the molecule is COc1ccccc1NC(=O)COC(=O)CCN1C(=O)c2ccc(C)cc2C1=O. The van der Waals surface area contributed by atoms with Crippen molar-refractivity contribution >= 4 is 29.4 Å². The number of hydrogen-bond donors (Lipinski definition) is 1. The highest BCUT2D eigenvalue weighted by atomic mass is 16.5. The normalized spacial score (nSPS) is 12.6. The highest BCUT2D eigenvalue weighted by Gasteiger charge is 2.35. The van der Waals surface area contributed by atoms with E-state index in [9.17, 15) is 19.2 Å². The molecule has 3 rings (SSSR count). The van der Waals surface area contributed by atoms with Gasteiger partial charge < -0.3 is 14.8 Å². The first-order chi connectivity index (χ1) is 13.9. The van der Waals surface area contributed by atoms with E-state index < -0.39 is 30.3 Å². The van der Waals surface area contributed by atoms with Crippen LogP contribution in [0.4, 0.5) is 5.69 Å². The molecule has 3 amide bonds. The van der Waals surface area contributed by atoms with Crippen molar-refractivity contribution < 1.29 is 28.7 Å².